The largest absolute Gasteiger partial charge is 0.399 e. The number of carbonyl (C=O) groups is 2. The molecule has 0 saturated heterocycles. The zero-order valence-electron chi connectivity index (χ0n) is 11.8. The number of amides is 2. The van der Waals surface area contributed by atoms with Crippen molar-refractivity contribution >= 4 is 39.1 Å². The van der Waals surface area contributed by atoms with E-state index >= 15 is 0 Å². The summed E-state index contributed by atoms with van der Waals surface area (Å²) in [4.78, 5) is 25.2. The highest BCUT2D eigenvalue weighted by molar-refractivity contribution is 9.10. The zero-order chi connectivity index (χ0) is 16.3. The van der Waals surface area contributed by atoms with Gasteiger partial charge >= 0.3 is 0 Å². The third kappa shape index (κ3) is 3.71. The maximum atomic E-state index is 13.8. The molecule has 2 amide bonds. The molecule has 0 saturated carbocycles. The van der Waals surface area contributed by atoms with Gasteiger partial charge in [-0.15, -0.1) is 0 Å². The topological polar surface area (TPSA) is 63.4 Å². The van der Waals surface area contributed by atoms with E-state index in [0.717, 1.165) is 4.90 Å². The summed E-state index contributed by atoms with van der Waals surface area (Å²) >= 11 is 3.23. The van der Waals surface area contributed by atoms with E-state index in [1.807, 2.05) is 0 Å². The number of anilines is 2. The van der Waals surface area contributed by atoms with Gasteiger partial charge in [-0.3, -0.25) is 14.5 Å². The summed E-state index contributed by atoms with van der Waals surface area (Å²) in [6.45, 7) is 1.28. The molecule has 0 atom stereocenters. The molecule has 6 heteroatoms. The molecule has 0 fully saturated rings. The Morgan fingerprint density at radius 3 is 2.59 bits per heavy atom. The first kappa shape index (κ1) is 16.2. The molecule has 2 aromatic rings. The maximum absolute atomic E-state index is 13.8. The van der Waals surface area contributed by atoms with Gasteiger partial charge in [-0.1, -0.05) is 22.0 Å². The van der Waals surface area contributed by atoms with Gasteiger partial charge in [-0.05, 0) is 42.0 Å². The monoisotopic (exact) mass is 364 g/mol. The Labute approximate surface area is 135 Å². The van der Waals surface area contributed by atoms with Gasteiger partial charge in [0.2, 0.25) is 11.8 Å². The molecule has 0 aliphatic rings. The van der Waals surface area contributed by atoms with Crippen LogP contribution in [0.4, 0.5) is 15.8 Å². The number of imide groups is 1. The number of carbonyl (C=O) groups excluding carboxylic acids is 2. The summed E-state index contributed by atoms with van der Waals surface area (Å²) in [6, 6.07) is 10.8. The third-order valence-corrected chi connectivity index (χ3v) is 3.54. The minimum atomic E-state index is -0.518. The Morgan fingerprint density at radius 1 is 1.23 bits per heavy atom. The second-order valence-corrected chi connectivity index (χ2v) is 5.67. The minimum Gasteiger partial charge on any atom is -0.399 e. The number of nitrogens with two attached hydrogens (primary N) is 1. The second kappa shape index (κ2) is 6.70. The molecule has 4 nitrogen and oxygen atoms in total. The summed E-state index contributed by atoms with van der Waals surface area (Å²) in [5.74, 6) is -1.46. The number of rotatable bonds is 3. The summed E-state index contributed by atoms with van der Waals surface area (Å²) < 4.78 is 14.4. The van der Waals surface area contributed by atoms with Gasteiger partial charge in [0.25, 0.3) is 0 Å². The molecule has 114 valence electrons. The summed E-state index contributed by atoms with van der Waals surface area (Å²) in [6.07, 6.45) is -0.223. The lowest BCUT2D eigenvalue weighted by Crippen LogP contribution is -2.36. The van der Waals surface area contributed by atoms with Crippen molar-refractivity contribution in [2.45, 2.75) is 13.3 Å². The van der Waals surface area contributed by atoms with E-state index in [2.05, 4.69) is 15.9 Å². The van der Waals surface area contributed by atoms with E-state index in [4.69, 9.17) is 5.73 Å². The number of halogens is 2. The normalized spacial score (nSPS) is 10.3. The lowest BCUT2D eigenvalue weighted by atomic mass is 10.1. The molecule has 0 radical (unpaired) electrons. The number of nitrogen functional groups attached to an aromatic ring is 1. The molecule has 0 heterocycles. The molecule has 2 aromatic carbocycles. The predicted molar refractivity (Wildman–Crippen MR) is 86.8 cm³/mol. The summed E-state index contributed by atoms with van der Waals surface area (Å²) in [7, 11) is 0. The third-order valence-electron chi connectivity index (χ3n) is 3.04. The van der Waals surface area contributed by atoms with Crippen LogP contribution in [0.1, 0.15) is 12.5 Å². The van der Waals surface area contributed by atoms with Gasteiger partial charge in [0, 0.05) is 17.1 Å². The van der Waals surface area contributed by atoms with Crippen LogP contribution in [0.3, 0.4) is 0 Å². The van der Waals surface area contributed by atoms with Crippen molar-refractivity contribution in [1.82, 2.24) is 0 Å². The van der Waals surface area contributed by atoms with Crippen molar-refractivity contribution in [2.24, 2.45) is 0 Å². The maximum Gasteiger partial charge on any atom is 0.238 e. The SMILES string of the molecule is CC(=O)N(C(=O)Cc1cc(Br)ccc1F)c1cccc(N)c1. The zero-order valence-corrected chi connectivity index (χ0v) is 13.4. The molecule has 0 aliphatic heterocycles. The van der Waals surface area contributed by atoms with E-state index in [9.17, 15) is 14.0 Å². The average molecular weight is 365 g/mol. The van der Waals surface area contributed by atoms with Crippen LogP contribution in [-0.4, -0.2) is 11.8 Å². The smallest absolute Gasteiger partial charge is 0.238 e. The van der Waals surface area contributed by atoms with Crippen molar-refractivity contribution in [3.05, 3.63) is 58.3 Å². The van der Waals surface area contributed by atoms with Gasteiger partial charge in [-0.25, -0.2) is 4.39 Å². The van der Waals surface area contributed by atoms with E-state index in [0.29, 0.717) is 15.8 Å². The van der Waals surface area contributed by atoms with Crippen LogP contribution in [-0.2, 0) is 16.0 Å². The van der Waals surface area contributed by atoms with Crippen LogP contribution in [0.5, 0.6) is 0 Å². The molecule has 0 bridgehead atoms. The summed E-state index contributed by atoms with van der Waals surface area (Å²) in [5.41, 5.74) is 6.70. The first-order chi connectivity index (χ1) is 10.4. The molecule has 0 aromatic heterocycles. The molecular weight excluding hydrogens is 351 g/mol. The Bertz CT molecular complexity index is 734. The minimum absolute atomic E-state index is 0.217. The molecule has 0 spiro atoms. The highest BCUT2D eigenvalue weighted by Gasteiger charge is 2.21. The lowest BCUT2D eigenvalue weighted by Gasteiger charge is -2.20. The van der Waals surface area contributed by atoms with Crippen molar-refractivity contribution in [3.63, 3.8) is 0 Å². The Balaban J connectivity index is 2.31. The number of nitrogens with zero attached hydrogens (tertiary/aromatic N) is 1. The van der Waals surface area contributed by atoms with Gasteiger partial charge in [0.1, 0.15) is 5.82 Å². The van der Waals surface area contributed by atoms with Crippen molar-refractivity contribution in [2.75, 3.05) is 10.6 Å². The second-order valence-electron chi connectivity index (χ2n) is 4.76. The predicted octanol–water partition coefficient (Wildman–Crippen LogP) is 3.29. The first-order valence-electron chi connectivity index (χ1n) is 6.51. The van der Waals surface area contributed by atoms with E-state index in [1.54, 1.807) is 24.3 Å². The van der Waals surface area contributed by atoms with Crippen LogP contribution in [0.15, 0.2) is 46.9 Å². The van der Waals surface area contributed by atoms with Crippen LogP contribution in [0.2, 0.25) is 0 Å². The van der Waals surface area contributed by atoms with E-state index in [-0.39, 0.29) is 12.0 Å². The van der Waals surface area contributed by atoms with Crippen molar-refractivity contribution in [1.29, 1.82) is 0 Å². The Hall–Kier alpha value is -2.21. The molecule has 0 unspecified atom stereocenters. The highest BCUT2D eigenvalue weighted by Crippen LogP contribution is 2.21. The standard InChI is InChI=1S/C16H14BrFN2O2/c1-10(21)20(14-4-2-3-13(19)9-14)16(22)8-11-7-12(17)5-6-15(11)18/h2-7,9H,8,19H2,1H3. The van der Waals surface area contributed by atoms with Crippen LogP contribution >= 0.6 is 15.9 Å². The number of hydrogen-bond acceptors (Lipinski definition) is 3. The fourth-order valence-corrected chi connectivity index (χ4v) is 2.49. The van der Waals surface area contributed by atoms with Gasteiger partial charge < -0.3 is 5.73 Å². The van der Waals surface area contributed by atoms with Crippen LogP contribution in [0, 0.1) is 5.82 Å². The molecule has 22 heavy (non-hydrogen) atoms. The van der Waals surface area contributed by atoms with E-state index < -0.39 is 17.6 Å². The van der Waals surface area contributed by atoms with Crippen molar-refractivity contribution < 1.29 is 14.0 Å². The molecule has 2 N–H and O–H groups in total. The first-order valence-corrected chi connectivity index (χ1v) is 7.31. The van der Waals surface area contributed by atoms with E-state index in [1.165, 1.54) is 25.1 Å². The van der Waals surface area contributed by atoms with Gasteiger partial charge in [-0.2, -0.15) is 0 Å². The molecule has 2 rings (SSSR count). The average Bonchev–Trinajstić information content (AvgIpc) is 2.42. The Morgan fingerprint density at radius 2 is 1.95 bits per heavy atom. The molecule has 0 aliphatic carbocycles. The molecular formula is C16H14BrFN2O2. The Kier molecular flexibility index (Phi) is 4.92. The van der Waals surface area contributed by atoms with Crippen molar-refractivity contribution in [3.8, 4) is 0 Å². The van der Waals surface area contributed by atoms with Crippen LogP contribution < -0.4 is 10.6 Å². The van der Waals surface area contributed by atoms with Gasteiger partial charge in [0.05, 0.1) is 12.1 Å². The number of benzene rings is 2. The number of hydrogen-bond donors (Lipinski definition) is 1. The fraction of sp³-hybridized carbons (Fsp3) is 0.125. The van der Waals surface area contributed by atoms with Crippen LogP contribution in [0.25, 0.3) is 0 Å². The van der Waals surface area contributed by atoms with Gasteiger partial charge in [0.15, 0.2) is 0 Å². The summed E-state index contributed by atoms with van der Waals surface area (Å²) in [5, 5.41) is 0. The quantitative estimate of drug-likeness (QED) is 0.849. The highest BCUT2D eigenvalue weighted by atomic mass is 79.9. The lowest BCUT2D eigenvalue weighted by molar-refractivity contribution is -0.125. The fourth-order valence-electron chi connectivity index (χ4n) is 2.09.